The second-order valence-electron chi connectivity index (χ2n) is 2.53. The molecule has 0 aromatic heterocycles. The van der Waals surface area contributed by atoms with Crippen LogP contribution in [0.2, 0.25) is 0 Å². The van der Waals surface area contributed by atoms with Crippen molar-refractivity contribution in [2.75, 3.05) is 38.2 Å². The maximum Gasteiger partial charge on any atom is 0.234 e. The van der Waals surface area contributed by atoms with E-state index in [0.717, 1.165) is 12.3 Å². The fourth-order valence-corrected chi connectivity index (χ4v) is 1.20. The lowest BCUT2D eigenvalue weighted by Gasteiger charge is -2.14. The van der Waals surface area contributed by atoms with Crippen LogP contribution < -0.4 is 5.32 Å². The second-order valence-corrected chi connectivity index (χ2v) is 3.43. The van der Waals surface area contributed by atoms with E-state index >= 15 is 0 Å². The predicted molar refractivity (Wildman–Crippen MR) is 58.2 cm³/mol. The van der Waals surface area contributed by atoms with Crippen LogP contribution in [0.5, 0.6) is 0 Å². The lowest BCUT2D eigenvalue weighted by atomic mass is 10.5. The van der Waals surface area contributed by atoms with Gasteiger partial charge in [0.15, 0.2) is 0 Å². The van der Waals surface area contributed by atoms with E-state index in [1.165, 1.54) is 0 Å². The molecule has 0 saturated heterocycles. The minimum Gasteiger partial charge on any atom is -0.354 e. The molecule has 1 N–H and O–H groups in total. The fraction of sp³-hybridized carbons (Fsp3) is 0.857. The molecule has 0 aliphatic carbocycles. The lowest BCUT2D eigenvalue weighted by molar-refractivity contribution is -0.121. The van der Waals surface area contributed by atoms with E-state index < -0.39 is 0 Å². The summed E-state index contributed by atoms with van der Waals surface area (Å²) in [5.74, 6) is 1.51. The van der Waals surface area contributed by atoms with E-state index in [-0.39, 0.29) is 5.91 Å². The van der Waals surface area contributed by atoms with Gasteiger partial charge in [0, 0.05) is 24.6 Å². The SMILES string of the molecule is CN(CCS)CC(=O)NCCS. The molecule has 72 valence electrons. The van der Waals surface area contributed by atoms with Gasteiger partial charge in [-0.15, -0.1) is 0 Å². The maximum atomic E-state index is 11.1. The van der Waals surface area contributed by atoms with Gasteiger partial charge < -0.3 is 5.32 Å². The largest absolute Gasteiger partial charge is 0.354 e. The molecule has 12 heavy (non-hydrogen) atoms. The third-order valence-electron chi connectivity index (χ3n) is 1.33. The Kier molecular flexibility index (Phi) is 7.85. The van der Waals surface area contributed by atoms with Crippen molar-refractivity contribution in [2.24, 2.45) is 0 Å². The molecular formula is C7H16N2OS2. The van der Waals surface area contributed by atoms with E-state index in [0.29, 0.717) is 18.8 Å². The number of nitrogens with zero attached hydrogens (tertiary/aromatic N) is 1. The third kappa shape index (κ3) is 6.82. The molecule has 0 atom stereocenters. The summed E-state index contributed by atoms with van der Waals surface area (Å²) in [6, 6.07) is 0. The highest BCUT2D eigenvalue weighted by atomic mass is 32.1. The summed E-state index contributed by atoms with van der Waals surface area (Å²) in [4.78, 5) is 13.0. The van der Waals surface area contributed by atoms with Crippen molar-refractivity contribution in [1.82, 2.24) is 10.2 Å². The number of hydrogen-bond acceptors (Lipinski definition) is 4. The molecule has 0 aliphatic rings. The maximum absolute atomic E-state index is 11.1. The Hall–Kier alpha value is 0.130. The molecule has 0 aromatic rings. The average Bonchev–Trinajstić information content (AvgIpc) is 2.01. The third-order valence-corrected chi connectivity index (χ3v) is 1.75. The number of thiol groups is 2. The summed E-state index contributed by atoms with van der Waals surface area (Å²) in [7, 11) is 1.90. The zero-order valence-corrected chi connectivity index (χ0v) is 9.07. The highest BCUT2D eigenvalue weighted by Crippen LogP contribution is 1.83. The molecule has 0 saturated carbocycles. The Morgan fingerprint density at radius 2 is 2.08 bits per heavy atom. The summed E-state index contributed by atoms with van der Waals surface area (Å²) in [6.45, 7) is 1.91. The van der Waals surface area contributed by atoms with Gasteiger partial charge in [-0.1, -0.05) is 0 Å². The molecule has 0 heterocycles. The number of hydrogen-bond donors (Lipinski definition) is 3. The molecule has 0 fully saturated rings. The van der Waals surface area contributed by atoms with Crippen molar-refractivity contribution >= 4 is 31.2 Å². The number of rotatable bonds is 6. The zero-order valence-electron chi connectivity index (χ0n) is 7.29. The van der Waals surface area contributed by atoms with Gasteiger partial charge in [0.05, 0.1) is 6.54 Å². The normalized spacial score (nSPS) is 10.3. The molecule has 0 spiro atoms. The molecule has 0 bridgehead atoms. The lowest BCUT2D eigenvalue weighted by Crippen LogP contribution is -2.36. The molecule has 1 amide bonds. The van der Waals surface area contributed by atoms with Crippen LogP contribution >= 0.6 is 25.3 Å². The number of nitrogens with one attached hydrogen (secondary N) is 1. The first-order valence-electron chi connectivity index (χ1n) is 3.87. The number of carbonyl (C=O) groups excluding carboxylic acids is 1. The predicted octanol–water partition coefficient (Wildman–Crippen LogP) is -0.106. The molecule has 0 unspecified atom stereocenters. The van der Waals surface area contributed by atoms with Gasteiger partial charge in [-0.05, 0) is 7.05 Å². The molecule has 0 radical (unpaired) electrons. The van der Waals surface area contributed by atoms with Crippen LogP contribution in [0.4, 0.5) is 0 Å². The van der Waals surface area contributed by atoms with Gasteiger partial charge in [-0.25, -0.2) is 0 Å². The topological polar surface area (TPSA) is 32.3 Å². The summed E-state index contributed by atoms with van der Waals surface area (Å²) < 4.78 is 0. The minimum atomic E-state index is 0.0494. The van der Waals surface area contributed by atoms with Crippen molar-refractivity contribution in [1.29, 1.82) is 0 Å². The van der Waals surface area contributed by atoms with Crippen molar-refractivity contribution in [3.63, 3.8) is 0 Å². The van der Waals surface area contributed by atoms with Crippen molar-refractivity contribution in [3.05, 3.63) is 0 Å². The van der Waals surface area contributed by atoms with Crippen LogP contribution in [0.1, 0.15) is 0 Å². The van der Waals surface area contributed by atoms with Crippen molar-refractivity contribution in [3.8, 4) is 0 Å². The number of amides is 1. The molecule has 0 rings (SSSR count). The van der Waals surface area contributed by atoms with Gasteiger partial charge in [0.2, 0.25) is 5.91 Å². The molecule has 3 nitrogen and oxygen atoms in total. The van der Waals surface area contributed by atoms with Gasteiger partial charge in [-0.3, -0.25) is 9.69 Å². The van der Waals surface area contributed by atoms with E-state index in [1.54, 1.807) is 0 Å². The Balaban J connectivity index is 3.40. The summed E-state index contributed by atoms with van der Waals surface area (Å²) >= 11 is 8.05. The van der Waals surface area contributed by atoms with Crippen LogP contribution in [0.3, 0.4) is 0 Å². The van der Waals surface area contributed by atoms with Crippen LogP contribution in [0.15, 0.2) is 0 Å². The van der Waals surface area contributed by atoms with Crippen LogP contribution in [-0.4, -0.2) is 49.0 Å². The van der Waals surface area contributed by atoms with E-state index in [1.807, 2.05) is 11.9 Å². The van der Waals surface area contributed by atoms with Gasteiger partial charge in [0.25, 0.3) is 0 Å². The molecule has 0 aromatic carbocycles. The Bertz CT molecular complexity index is 133. The van der Waals surface area contributed by atoms with E-state index in [2.05, 4.69) is 30.6 Å². The quantitative estimate of drug-likeness (QED) is 0.532. The summed E-state index contributed by atoms with van der Waals surface area (Å²) in [5.41, 5.74) is 0. The Labute approximate surface area is 84.7 Å². The first-order chi connectivity index (χ1) is 5.70. The second kappa shape index (κ2) is 7.76. The van der Waals surface area contributed by atoms with Gasteiger partial charge in [-0.2, -0.15) is 25.3 Å². The molecular weight excluding hydrogens is 192 g/mol. The van der Waals surface area contributed by atoms with Crippen LogP contribution in [0.25, 0.3) is 0 Å². The van der Waals surface area contributed by atoms with Gasteiger partial charge >= 0.3 is 0 Å². The molecule has 5 heteroatoms. The number of carbonyl (C=O) groups is 1. The first-order valence-corrected chi connectivity index (χ1v) is 5.14. The highest BCUT2D eigenvalue weighted by Gasteiger charge is 2.03. The number of likely N-dealkylation sites (N-methyl/N-ethyl adjacent to an activating group) is 1. The van der Waals surface area contributed by atoms with Gasteiger partial charge in [0.1, 0.15) is 0 Å². The van der Waals surface area contributed by atoms with E-state index in [4.69, 9.17) is 0 Å². The van der Waals surface area contributed by atoms with Crippen molar-refractivity contribution in [2.45, 2.75) is 0 Å². The van der Waals surface area contributed by atoms with Crippen molar-refractivity contribution < 1.29 is 4.79 Å². The zero-order chi connectivity index (χ0) is 9.40. The smallest absolute Gasteiger partial charge is 0.234 e. The standard InChI is InChI=1S/C7H16N2OS2/c1-9(3-5-12)6-7(10)8-2-4-11/h11-12H,2-6H2,1H3,(H,8,10). The summed E-state index contributed by atoms with van der Waals surface area (Å²) in [5, 5.41) is 2.74. The average molecular weight is 208 g/mol. The van der Waals surface area contributed by atoms with Crippen LogP contribution in [0, 0.1) is 0 Å². The van der Waals surface area contributed by atoms with Crippen LogP contribution in [-0.2, 0) is 4.79 Å². The Morgan fingerprint density at radius 1 is 1.42 bits per heavy atom. The molecule has 0 aliphatic heterocycles. The first kappa shape index (κ1) is 12.1. The fourth-order valence-electron chi connectivity index (χ4n) is 0.746. The minimum absolute atomic E-state index is 0.0494. The highest BCUT2D eigenvalue weighted by molar-refractivity contribution is 7.80. The monoisotopic (exact) mass is 208 g/mol. The van der Waals surface area contributed by atoms with E-state index in [9.17, 15) is 4.79 Å². The Morgan fingerprint density at radius 3 is 2.58 bits per heavy atom. The summed E-state index contributed by atoms with van der Waals surface area (Å²) in [6.07, 6.45) is 0.